The lowest BCUT2D eigenvalue weighted by atomic mass is 10.1. The van der Waals surface area contributed by atoms with Crippen LogP contribution in [0.1, 0.15) is 37.8 Å². The fourth-order valence-corrected chi connectivity index (χ4v) is 4.53. The van der Waals surface area contributed by atoms with Crippen LogP contribution < -0.4 is 4.90 Å². The fourth-order valence-electron chi connectivity index (χ4n) is 3.46. The molecule has 0 radical (unpaired) electrons. The Labute approximate surface area is 175 Å². The predicted octanol–water partition coefficient (Wildman–Crippen LogP) is 2.74. The van der Waals surface area contributed by atoms with E-state index in [1.54, 1.807) is 4.90 Å². The Morgan fingerprint density at radius 2 is 1.76 bits per heavy atom. The molecule has 0 spiro atoms. The van der Waals surface area contributed by atoms with Gasteiger partial charge < -0.3 is 4.90 Å². The van der Waals surface area contributed by atoms with Gasteiger partial charge in [0.2, 0.25) is 17.7 Å². The van der Waals surface area contributed by atoms with Crippen LogP contribution in [-0.4, -0.2) is 65.2 Å². The van der Waals surface area contributed by atoms with Gasteiger partial charge in [0.1, 0.15) is 6.54 Å². The molecule has 0 N–H and O–H groups in total. The molecule has 2 aromatic rings. The fraction of sp³-hybridized carbons (Fsp3) is 0.524. The molecule has 1 saturated heterocycles. The molecule has 0 unspecified atom stereocenters. The number of anilines is 1. The third-order valence-electron chi connectivity index (χ3n) is 5.59. The number of aryl methyl sites for hydroxylation is 2. The Kier molecular flexibility index (Phi) is 6.64. The van der Waals surface area contributed by atoms with Gasteiger partial charge in [0, 0.05) is 25.9 Å². The zero-order valence-corrected chi connectivity index (χ0v) is 18.3. The summed E-state index contributed by atoms with van der Waals surface area (Å²) < 4.78 is 1.03. The maximum absolute atomic E-state index is 13.1. The summed E-state index contributed by atoms with van der Waals surface area (Å²) in [5, 5.41) is 0.616. The predicted molar refractivity (Wildman–Crippen MR) is 115 cm³/mol. The normalized spacial score (nSPS) is 14.4. The van der Waals surface area contributed by atoms with Gasteiger partial charge in [-0.1, -0.05) is 31.3 Å². The number of carbonyl (C=O) groups excluding carboxylic acids is 3. The molecule has 2 heterocycles. The number of likely N-dealkylation sites (tertiary alicyclic amines) is 1. The summed E-state index contributed by atoms with van der Waals surface area (Å²) in [6, 6.07) is 4.09. The largest absolute Gasteiger partial charge is 0.302 e. The van der Waals surface area contributed by atoms with Gasteiger partial charge in [0.15, 0.2) is 5.13 Å². The van der Waals surface area contributed by atoms with Crippen LogP contribution >= 0.6 is 11.3 Å². The van der Waals surface area contributed by atoms with Crippen molar-refractivity contribution >= 4 is 44.4 Å². The van der Waals surface area contributed by atoms with E-state index in [4.69, 9.17) is 4.98 Å². The molecule has 1 fully saturated rings. The van der Waals surface area contributed by atoms with Crippen LogP contribution in [0.5, 0.6) is 0 Å². The molecule has 3 amide bonds. The molecular formula is C21H28N4O3S. The summed E-state index contributed by atoms with van der Waals surface area (Å²) in [4.78, 5) is 46.8. The first-order valence-corrected chi connectivity index (χ1v) is 10.9. The first-order chi connectivity index (χ1) is 13.8. The summed E-state index contributed by atoms with van der Waals surface area (Å²) in [7, 11) is 0. The maximum Gasteiger partial charge on any atom is 0.248 e. The summed E-state index contributed by atoms with van der Waals surface area (Å²) in [5.41, 5.74) is 3.16. The Balaban J connectivity index is 1.90. The topological polar surface area (TPSA) is 73.8 Å². The first-order valence-electron chi connectivity index (χ1n) is 10.1. The zero-order valence-electron chi connectivity index (χ0n) is 17.5. The van der Waals surface area contributed by atoms with E-state index in [1.807, 2.05) is 19.9 Å². The van der Waals surface area contributed by atoms with E-state index in [0.717, 1.165) is 39.3 Å². The van der Waals surface area contributed by atoms with Gasteiger partial charge in [-0.3, -0.25) is 24.2 Å². The third kappa shape index (κ3) is 4.48. The van der Waals surface area contributed by atoms with Crippen molar-refractivity contribution in [2.75, 3.05) is 37.6 Å². The molecule has 1 aliphatic rings. The van der Waals surface area contributed by atoms with E-state index < -0.39 is 0 Å². The molecule has 0 saturated carbocycles. The Bertz CT molecular complexity index is 919. The smallest absolute Gasteiger partial charge is 0.248 e. The standard InChI is InChI=1S/C21H28N4O3S/c1-5-23(6-2)11-12-24(19(28)13-25-17(26)9-10-18(25)27)21-22-20-15(4)14(3)7-8-16(20)29-21/h7-8H,5-6,9-13H2,1-4H3. The average Bonchev–Trinajstić information content (AvgIpc) is 3.27. The highest BCUT2D eigenvalue weighted by atomic mass is 32.1. The van der Waals surface area contributed by atoms with Crippen molar-refractivity contribution in [2.24, 2.45) is 0 Å². The highest BCUT2D eigenvalue weighted by Crippen LogP contribution is 2.32. The minimum atomic E-state index is -0.275. The number of thiazole rings is 1. The highest BCUT2D eigenvalue weighted by molar-refractivity contribution is 7.22. The average molecular weight is 417 g/mol. The van der Waals surface area contributed by atoms with Crippen LogP contribution in [0.2, 0.25) is 0 Å². The van der Waals surface area contributed by atoms with Gasteiger partial charge in [-0.2, -0.15) is 0 Å². The molecule has 0 aliphatic carbocycles. The number of carbonyl (C=O) groups is 3. The summed E-state index contributed by atoms with van der Waals surface area (Å²) >= 11 is 1.47. The van der Waals surface area contributed by atoms with Gasteiger partial charge in [0.05, 0.1) is 10.2 Å². The molecule has 0 bridgehead atoms. The molecule has 29 heavy (non-hydrogen) atoms. The Hall–Kier alpha value is -2.32. The van der Waals surface area contributed by atoms with Gasteiger partial charge in [0.25, 0.3) is 0 Å². The lowest BCUT2D eigenvalue weighted by molar-refractivity contribution is -0.141. The van der Waals surface area contributed by atoms with Crippen molar-refractivity contribution in [3.05, 3.63) is 23.3 Å². The molecular weight excluding hydrogens is 388 g/mol. The molecule has 0 atom stereocenters. The van der Waals surface area contributed by atoms with E-state index in [-0.39, 0.29) is 37.1 Å². The number of likely N-dealkylation sites (N-methyl/N-ethyl adjacent to an activating group) is 1. The minimum absolute atomic E-state index is 0.186. The van der Waals surface area contributed by atoms with Crippen molar-refractivity contribution in [3.63, 3.8) is 0 Å². The summed E-state index contributed by atoms with van der Waals surface area (Å²) in [5.74, 6) is -0.820. The quantitative estimate of drug-likeness (QED) is 0.619. The highest BCUT2D eigenvalue weighted by Gasteiger charge is 2.32. The third-order valence-corrected chi connectivity index (χ3v) is 6.63. The second kappa shape index (κ2) is 9.00. The van der Waals surface area contributed by atoms with E-state index in [9.17, 15) is 14.4 Å². The number of hydrogen-bond donors (Lipinski definition) is 0. The van der Waals surface area contributed by atoms with Crippen LogP contribution in [0.4, 0.5) is 5.13 Å². The van der Waals surface area contributed by atoms with Crippen molar-refractivity contribution in [1.29, 1.82) is 0 Å². The number of rotatable bonds is 8. The molecule has 3 rings (SSSR count). The van der Waals surface area contributed by atoms with Gasteiger partial charge >= 0.3 is 0 Å². The van der Waals surface area contributed by atoms with E-state index >= 15 is 0 Å². The van der Waals surface area contributed by atoms with Crippen LogP contribution in [-0.2, 0) is 14.4 Å². The van der Waals surface area contributed by atoms with Gasteiger partial charge in [-0.15, -0.1) is 0 Å². The van der Waals surface area contributed by atoms with E-state index in [2.05, 4.69) is 24.8 Å². The zero-order chi connectivity index (χ0) is 21.1. The molecule has 1 aliphatic heterocycles. The minimum Gasteiger partial charge on any atom is -0.302 e. The monoisotopic (exact) mass is 416 g/mol. The summed E-state index contributed by atoms with van der Waals surface area (Å²) in [6.45, 7) is 11.0. The lowest BCUT2D eigenvalue weighted by Gasteiger charge is -2.26. The number of amides is 3. The molecule has 8 heteroatoms. The Morgan fingerprint density at radius 1 is 1.10 bits per heavy atom. The van der Waals surface area contributed by atoms with E-state index in [0.29, 0.717) is 18.2 Å². The number of hydrogen-bond acceptors (Lipinski definition) is 6. The number of nitrogens with zero attached hydrogens (tertiary/aromatic N) is 4. The second-order valence-corrected chi connectivity index (χ2v) is 8.31. The van der Waals surface area contributed by atoms with Crippen LogP contribution in [0.3, 0.4) is 0 Å². The van der Waals surface area contributed by atoms with E-state index in [1.165, 1.54) is 11.3 Å². The van der Waals surface area contributed by atoms with Crippen molar-refractivity contribution in [2.45, 2.75) is 40.5 Å². The van der Waals surface area contributed by atoms with Crippen LogP contribution in [0, 0.1) is 13.8 Å². The van der Waals surface area contributed by atoms with Crippen molar-refractivity contribution in [3.8, 4) is 0 Å². The molecule has 1 aromatic heterocycles. The van der Waals surface area contributed by atoms with Crippen molar-refractivity contribution in [1.82, 2.24) is 14.8 Å². The second-order valence-electron chi connectivity index (χ2n) is 7.30. The maximum atomic E-state index is 13.1. The lowest BCUT2D eigenvalue weighted by Crippen LogP contribution is -2.45. The SMILES string of the molecule is CCN(CC)CCN(C(=O)CN1C(=O)CCC1=O)c1nc2c(C)c(C)ccc2s1. The Morgan fingerprint density at radius 3 is 2.38 bits per heavy atom. The van der Waals surface area contributed by atoms with Crippen LogP contribution in [0.25, 0.3) is 10.2 Å². The van der Waals surface area contributed by atoms with Gasteiger partial charge in [-0.25, -0.2) is 4.98 Å². The molecule has 1 aromatic carbocycles. The van der Waals surface area contributed by atoms with Crippen molar-refractivity contribution < 1.29 is 14.4 Å². The molecule has 7 nitrogen and oxygen atoms in total. The summed E-state index contributed by atoms with van der Waals surface area (Å²) in [6.07, 6.45) is 0.371. The number of benzene rings is 1. The van der Waals surface area contributed by atoms with Crippen LogP contribution in [0.15, 0.2) is 12.1 Å². The first kappa shape index (κ1) is 21.4. The number of imide groups is 1. The number of aromatic nitrogens is 1. The molecule has 156 valence electrons. The van der Waals surface area contributed by atoms with Gasteiger partial charge in [-0.05, 0) is 44.1 Å². The number of fused-ring (bicyclic) bond motifs is 1.